The maximum atomic E-state index is 16.9. The maximum Gasteiger partial charge on any atom is 0.410 e. The van der Waals surface area contributed by atoms with Crippen LogP contribution in [-0.4, -0.2) is 154 Å². The van der Waals surface area contributed by atoms with Crippen molar-refractivity contribution < 1.29 is 57.4 Å². The van der Waals surface area contributed by atoms with Crippen LogP contribution in [0.5, 0.6) is 17.6 Å². The van der Waals surface area contributed by atoms with Gasteiger partial charge in [0.2, 0.25) is 17.7 Å². The molecule has 4 aliphatic rings. The Balaban J connectivity index is 0.852. The molecule has 0 radical (unpaired) electrons. The number of aliphatic hydroxyl groups excluding tert-OH is 2. The molecule has 12 rings (SSSR count). The highest BCUT2D eigenvalue weighted by Crippen LogP contribution is 2.54. The first-order chi connectivity index (χ1) is 44.2. The lowest BCUT2D eigenvalue weighted by Crippen LogP contribution is -2.50. The number of nitrogens with one attached hydrogen (secondary N) is 1. The number of halogens is 1. The van der Waals surface area contributed by atoms with E-state index in [1.54, 1.807) is 41.5 Å². The molecule has 22 nitrogen and oxygen atoms in total. The van der Waals surface area contributed by atoms with Crippen LogP contribution in [0.25, 0.3) is 54.6 Å². The van der Waals surface area contributed by atoms with Gasteiger partial charge >= 0.3 is 12.1 Å². The number of likely N-dealkylation sites (tertiary alicyclic amines) is 2. The van der Waals surface area contributed by atoms with Crippen LogP contribution in [0.15, 0.2) is 78.6 Å². The molecular weight excluding hydrogens is 1200 g/mol. The number of methoxy groups -OCH3 is 1. The Kier molecular flexibility index (Phi) is 18.6. The predicted molar refractivity (Wildman–Crippen MR) is 343 cm³/mol. The molecule has 1 aliphatic carbocycles. The third kappa shape index (κ3) is 13.5. The van der Waals surface area contributed by atoms with Crippen molar-refractivity contribution in [3.8, 4) is 50.5 Å². The van der Waals surface area contributed by atoms with Gasteiger partial charge in [-0.05, 0) is 119 Å². The van der Waals surface area contributed by atoms with Crippen molar-refractivity contribution in [1.29, 1.82) is 0 Å². The molecule has 4 fully saturated rings. The summed E-state index contributed by atoms with van der Waals surface area (Å²) in [6.45, 7) is 15.8. The molecule has 1 unspecified atom stereocenters. The molecule has 3 aliphatic heterocycles. The van der Waals surface area contributed by atoms with Crippen molar-refractivity contribution in [3.05, 3.63) is 112 Å². The predicted octanol–water partition coefficient (Wildman–Crippen LogP) is 10.8. The van der Waals surface area contributed by atoms with Crippen molar-refractivity contribution in [2.24, 2.45) is 5.92 Å². The number of amides is 3. The van der Waals surface area contributed by atoms with Gasteiger partial charge in [-0.25, -0.2) is 23.5 Å². The van der Waals surface area contributed by atoms with Crippen LogP contribution < -0.4 is 19.5 Å². The van der Waals surface area contributed by atoms with E-state index in [0.717, 1.165) is 64.8 Å². The summed E-state index contributed by atoms with van der Waals surface area (Å²) < 4.78 is 58.0. The van der Waals surface area contributed by atoms with E-state index in [9.17, 15) is 24.6 Å². The minimum atomic E-state index is -1.01. The number of hydrogen-bond acceptors (Lipinski definition) is 18. The van der Waals surface area contributed by atoms with E-state index < -0.39 is 59.7 Å². The van der Waals surface area contributed by atoms with Crippen LogP contribution >= 0.6 is 11.3 Å². The molecule has 0 spiro atoms. The fourth-order valence-corrected chi connectivity index (χ4v) is 13.4. The highest BCUT2D eigenvalue weighted by molar-refractivity contribution is 7.13. The Hall–Kier alpha value is -8.16. The van der Waals surface area contributed by atoms with Gasteiger partial charge in [0.25, 0.3) is 0 Å². The first-order valence-corrected chi connectivity index (χ1v) is 32.6. The van der Waals surface area contributed by atoms with Crippen molar-refractivity contribution in [2.45, 2.75) is 161 Å². The molecule has 4 aromatic heterocycles. The van der Waals surface area contributed by atoms with Gasteiger partial charge < -0.3 is 53.8 Å². The number of rotatable bonds is 21. The second kappa shape index (κ2) is 26.8. The topological polar surface area (TPSA) is 253 Å². The monoisotopic (exact) mass is 1280 g/mol. The summed E-state index contributed by atoms with van der Waals surface area (Å²) >= 11 is 1.53. The molecule has 0 bridgehead atoms. The van der Waals surface area contributed by atoms with Gasteiger partial charge in [-0.2, -0.15) is 15.1 Å². The van der Waals surface area contributed by atoms with E-state index in [-0.39, 0.29) is 75.4 Å². The summed E-state index contributed by atoms with van der Waals surface area (Å²) in [5.41, 5.74) is 9.20. The molecular formula is C68H80FN11O11S. The molecule has 486 valence electrons. The summed E-state index contributed by atoms with van der Waals surface area (Å²) in [6, 6.07) is 16.1. The number of thiazole rings is 1. The fourth-order valence-electron chi connectivity index (χ4n) is 12.5. The lowest BCUT2D eigenvalue weighted by atomic mass is 9.88. The number of fused-ring (bicyclic) bond motifs is 2. The largest absolute Gasteiger partial charge is 0.486 e. The summed E-state index contributed by atoms with van der Waals surface area (Å²) in [7, 11) is 1.59. The summed E-state index contributed by atoms with van der Waals surface area (Å²) in [4.78, 5) is 60.5. The van der Waals surface area contributed by atoms with Gasteiger partial charge in [0.1, 0.15) is 54.0 Å². The first-order valence-electron chi connectivity index (χ1n) is 31.7. The van der Waals surface area contributed by atoms with Crippen molar-refractivity contribution in [1.82, 2.24) is 54.8 Å². The van der Waals surface area contributed by atoms with Crippen LogP contribution in [0.2, 0.25) is 0 Å². The Morgan fingerprint density at radius 1 is 0.924 bits per heavy atom. The maximum absolute atomic E-state index is 16.9. The zero-order valence-electron chi connectivity index (χ0n) is 53.4. The molecule has 3 saturated heterocycles. The van der Waals surface area contributed by atoms with Gasteiger partial charge in [0.05, 0.1) is 70.8 Å². The van der Waals surface area contributed by atoms with Crippen LogP contribution in [0.1, 0.15) is 139 Å². The number of ether oxygens (including phenoxy) is 6. The third-order valence-corrected chi connectivity index (χ3v) is 18.6. The summed E-state index contributed by atoms with van der Waals surface area (Å²) in [6.07, 6.45) is 5.89. The van der Waals surface area contributed by atoms with Crippen molar-refractivity contribution in [2.75, 3.05) is 46.6 Å². The molecule has 1 saturated carbocycles. The van der Waals surface area contributed by atoms with Gasteiger partial charge in [-0.15, -0.1) is 16.4 Å². The number of aliphatic hydroxyl groups is 2. The van der Waals surface area contributed by atoms with Crippen molar-refractivity contribution in [3.63, 3.8) is 0 Å². The molecule has 3 N–H and O–H groups in total. The lowest BCUT2D eigenvalue weighted by Gasteiger charge is -2.30. The molecule has 4 aromatic carbocycles. The molecule has 92 heavy (non-hydrogen) atoms. The number of aryl methyl sites for hydroxylation is 1. The highest BCUT2D eigenvalue weighted by Gasteiger charge is 2.44. The summed E-state index contributed by atoms with van der Waals surface area (Å²) in [5, 5.41) is 39.5. The van der Waals surface area contributed by atoms with E-state index in [0.29, 0.717) is 75.3 Å². The zero-order valence-corrected chi connectivity index (χ0v) is 54.2. The molecule has 8 aromatic rings. The van der Waals surface area contributed by atoms with E-state index in [2.05, 4.69) is 20.6 Å². The second-order valence-electron chi connectivity index (χ2n) is 26.0. The fraction of sp³-hybridized carbons (Fsp3) is 0.485. The van der Waals surface area contributed by atoms with Crippen LogP contribution in [0, 0.1) is 25.6 Å². The molecule has 3 amide bonds. The molecule has 24 heteroatoms. The van der Waals surface area contributed by atoms with Gasteiger partial charge in [0.15, 0.2) is 12.0 Å². The molecule has 7 atom stereocenters. The van der Waals surface area contributed by atoms with Gasteiger partial charge in [-0.3, -0.25) is 9.59 Å². The minimum Gasteiger partial charge on any atom is -0.486 e. The second-order valence-corrected chi connectivity index (χ2v) is 26.8. The SMILES string of the molecule is CO[C@@H](C)COc1nc(O[C@@H]2CCN(C(=O)OC(C)(C)C)C2)c2cc(C3CC3)c(-c3c(C)c(F)cc4c3cnn4C3CCCCO3)c(OCc3ccc(-c4cn([C@H](C(=O)N5C[C@H](O)C[C@H]5C(=O)N[C@@H](CO)c5ccc(-c6scnc6C)cc5)C(C)C)nn4)cc3)c2n1. The Labute approximate surface area is 537 Å². The quantitative estimate of drug-likeness (QED) is 0.0604. The number of carbonyl (C=O) groups excluding carboxylic acids is 3. The Morgan fingerprint density at radius 2 is 1.70 bits per heavy atom. The molecule has 7 heterocycles. The number of β-amino-alcohol motifs (C(OH)–C–C–N with tert-alkyl or cyclic N) is 1. The Bertz CT molecular complexity index is 3990. The van der Waals surface area contributed by atoms with E-state index in [1.165, 1.54) is 27.0 Å². The number of carbonyl (C=O) groups is 3. The summed E-state index contributed by atoms with van der Waals surface area (Å²) in [5.74, 6) is -0.936. The normalized spacial score (nSPS) is 19.6. The number of hydrogen-bond donors (Lipinski definition) is 3. The number of nitrogens with zero attached hydrogens (tertiary/aromatic N) is 10. The van der Waals surface area contributed by atoms with Crippen LogP contribution in [0.4, 0.5) is 9.18 Å². The lowest BCUT2D eigenvalue weighted by molar-refractivity contribution is -0.142. The standard InChI is InChI=1S/C68H80FN11O11S/c1-37(2)60(65(84)78-30-46(82)26-55(78)63(83)72-53(33-81)44-19-21-45(22-20-44)62-40(5)70-36-92-62)79-32-52(75-76-79)43-15-13-41(14-16-43)35-88-61-58(57-39(4)51(69)28-54-50(57)29-71-80(54)56-12-10-11-25-87-56)48(42-17-18-42)27-49-59(61)73-66(89-34-38(3)86-9)74-64(49)90-47-23-24-77(31-47)67(85)91-68(6,7)8/h13-16,19-22,27-29,32,36-38,42,46-47,53,55-56,60,81-82H,10-12,17-18,23-26,30-31,33-35H2,1-9H3,(H,72,83)/t38-,46+,47+,53-,55-,56?,60-/m0/s1. The smallest absolute Gasteiger partial charge is 0.410 e. The average Bonchev–Trinajstić information content (AvgIpc) is 1.33. The average molecular weight is 1280 g/mol. The Morgan fingerprint density at radius 3 is 2.38 bits per heavy atom. The van der Waals surface area contributed by atoms with Gasteiger partial charge in [-0.1, -0.05) is 67.6 Å². The van der Waals surface area contributed by atoms with Gasteiger partial charge in [0, 0.05) is 67.8 Å². The highest BCUT2D eigenvalue weighted by atomic mass is 32.1. The van der Waals surface area contributed by atoms with Crippen LogP contribution in [-0.2, 0) is 30.4 Å². The van der Waals surface area contributed by atoms with Crippen LogP contribution in [0.3, 0.4) is 0 Å². The first kappa shape index (κ1) is 64.0. The number of aromatic nitrogens is 8. The van der Waals surface area contributed by atoms with E-state index in [1.807, 2.05) is 103 Å². The van der Waals surface area contributed by atoms with Crippen molar-refractivity contribution >= 4 is 51.1 Å². The third-order valence-electron chi connectivity index (χ3n) is 17.6. The van der Waals surface area contributed by atoms with E-state index in [4.69, 9.17) is 43.5 Å². The zero-order chi connectivity index (χ0) is 64.7. The number of benzene rings is 4. The van der Waals surface area contributed by atoms with E-state index >= 15 is 4.39 Å². The minimum absolute atomic E-state index is 0.00584.